The maximum atomic E-state index is 11.7. The van der Waals surface area contributed by atoms with Crippen LogP contribution in [0.4, 0.5) is 11.4 Å². The van der Waals surface area contributed by atoms with Crippen LogP contribution in [0.15, 0.2) is 69.7 Å². The van der Waals surface area contributed by atoms with Gasteiger partial charge >= 0.3 is 5.97 Å². The molecule has 0 spiro atoms. The fraction of sp³-hybridized carbons (Fsp3) is 0. The number of rotatable bonds is 4. The Hall–Kier alpha value is -3.30. The molecule has 0 saturated carbocycles. The van der Waals surface area contributed by atoms with Gasteiger partial charge in [0.25, 0.3) is 10.1 Å². The molecule has 3 N–H and O–H groups in total. The van der Waals surface area contributed by atoms with Crippen LogP contribution in [-0.4, -0.2) is 29.2 Å². The smallest absolute Gasteiger partial charge is 0.337 e. The van der Waals surface area contributed by atoms with Crippen LogP contribution in [0.25, 0.3) is 10.8 Å². The normalized spacial score (nSPS) is 11.9. The molecular formula is C17H12N2O6S. The molecule has 0 aliphatic heterocycles. The fourth-order valence-electron chi connectivity index (χ4n) is 2.43. The Morgan fingerprint density at radius 2 is 1.62 bits per heavy atom. The lowest BCUT2D eigenvalue weighted by atomic mass is 10.1. The molecule has 0 atom stereocenters. The molecule has 9 heteroatoms. The van der Waals surface area contributed by atoms with Crippen LogP contribution in [0.5, 0.6) is 5.75 Å². The van der Waals surface area contributed by atoms with Gasteiger partial charge in [0.05, 0.1) is 5.56 Å². The third-order valence-electron chi connectivity index (χ3n) is 3.63. The predicted molar refractivity (Wildman–Crippen MR) is 93.0 cm³/mol. The summed E-state index contributed by atoms with van der Waals surface area (Å²) in [6, 6.07) is 13.2. The molecule has 3 aromatic carbocycles. The molecule has 0 aliphatic rings. The summed E-state index contributed by atoms with van der Waals surface area (Å²) in [7, 11) is -4.71. The van der Waals surface area contributed by atoms with E-state index >= 15 is 0 Å². The van der Waals surface area contributed by atoms with Crippen molar-refractivity contribution in [3.8, 4) is 5.75 Å². The van der Waals surface area contributed by atoms with Crippen LogP contribution in [0, 0.1) is 0 Å². The molecule has 26 heavy (non-hydrogen) atoms. The Kier molecular flexibility index (Phi) is 4.41. The third-order valence-corrected chi connectivity index (χ3v) is 4.50. The number of aromatic carboxylic acids is 1. The Labute approximate surface area is 147 Å². The molecule has 0 aromatic heterocycles. The van der Waals surface area contributed by atoms with Crippen LogP contribution in [-0.2, 0) is 10.1 Å². The van der Waals surface area contributed by atoms with Gasteiger partial charge in [0, 0.05) is 5.39 Å². The van der Waals surface area contributed by atoms with E-state index in [1.807, 2.05) is 0 Å². The number of carboxylic acid groups (broad SMARTS) is 1. The van der Waals surface area contributed by atoms with E-state index < -0.39 is 32.4 Å². The van der Waals surface area contributed by atoms with E-state index in [0.717, 1.165) is 6.07 Å². The summed E-state index contributed by atoms with van der Waals surface area (Å²) < 4.78 is 32.8. The first kappa shape index (κ1) is 17.5. The van der Waals surface area contributed by atoms with E-state index in [1.54, 1.807) is 24.3 Å². The molecule has 0 amide bonds. The highest BCUT2D eigenvalue weighted by Gasteiger charge is 2.22. The molecule has 0 radical (unpaired) electrons. The quantitative estimate of drug-likeness (QED) is 0.469. The van der Waals surface area contributed by atoms with Gasteiger partial charge < -0.3 is 10.2 Å². The molecule has 0 unspecified atom stereocenters. The summed E-state index contributed by atoms with van der Waals surface area (Å²) in [4.78, 5) is 10.6. The van der Waals surface area contributed by atoms with Gasteiger partial charge in [0.1, 0.15) is 16.3 Å². The topological polar surface area (TPSA) is 137 Å². The van der Waals surface area contributed by atoms with Gasteiger partial charge in [-0.3, -0.25) is 4.55 Å². The van der Waals surface area contributed by atoms with Crippen molar-refractivity contribution in [3.05, 3.63) is 60.2 Å². The van der Waals surface area contributed by atoms with Gasteiger partial charge in [-0.15, -0.1) is 10.2 Å². The molecule has 0 fully saturated rings. The standard InChI is InChI=1S/C17H12N2O6S/c20-16-11-6-2-1-5-10(11)9-14(26(23,24)25)15(16)19-18-13-8-4-3-7-12(13)17(21)22/h1-9,20H,(H,21,22)(H,23,24,25). The molecule has 132 valence electrons. The number of hydrogen-bond acceptors (Lipinski definition) is 6. The van der Waals surface area contributed by atoms with Gasteiger partial charge in [0.15, 0.2) is 5.75 Å². The maximum Gasteiger partial charge on any atom is 0.337 e. The van der Waals surface area contributed by atoms with Crippen LogP contribution in [0.2, 0.25) is 0 Å². The van der Waals surface area contributed by atoms with Crippen molar-refractivity contribution in [2.75, 3.05) is 0 Å². The van der Waals surface area contributed by atoms with E-state index in [9.17, 15) is 22.9 Å². The van der Waals surface area contributed by atoms with Crippen LogP contribution >= 0.6 is 0 Å². The molecule has 0 bridgehead atoms. The molecule has 0 aliphatic carbocycles. The molecule has 0 saturated heterocycles. The van der Waals surface area contributed by atoms with Crippen molar-refractivity contribution in [3.63, 3.8) is 0 Å². The molecule has 3 rings (SSSR count). The van der Waals surface area contributed by atoms with Crippen molar-refractivity contribution in [1.82, 2.24) is 0 Å². The minimum Gasteiger partial charge on any atom is -0.505 e. The van der Waals surface area contributed by atoms with Crippen molar-refractivity contribution in [2.45, 2.75) is 4.90 Å². The number of carboxylic acids is 1. The van der Waals surface area contributed by atoms with E-state index in [4.69, 9.17) is 5.11 Å². The summed E-state index contributed by atoms with van der Waals surface area (Å²) in [5.41, 5.74) is -0.662. The summed E-state index contributed by atoms with van der Waals surface area (Å²) >= 11 is 0. The number of benzene rings is 3. The van der Waals surface area contributed by atoms with E-state index in [0.29, 0.717) is 10.8 Å². The second kappa shape index (κ2) is 6.54. The first-order valence-corrected chi connectivity index (χ1v) is 8.69. The highest BCUT2D eigenvalue weighted by molar-refractivity contribution is 7.86. The SMILES string of the molecule is O=C(O)c1ccccc1N=Nc1c(S(=O)(=O)O)cc2ccccc2c1O. The zero-order chi connectivity index (χ0) is 18.9. The highest BCUT2D eigenvalue weighted by atomic mass is 32.2. The van der Waals surface area contributed by atoms with Crippen molar-refractivity contribution in [1.29, 1.82) is 0 Å². The van der Waals surface area contributed by atoms with E-state index in [2.05, 4.69) is 10.2 Å². The number of azo groups is 1. The predicted octanol–water partition coefficient (Wildman–Crippen LogP) is 3.91. The monoisotopic (exact) mass is 372 g/mol. The van der Waals surface area contributed by atoms with E-state index in [1.165, 1.54) is 24.3 Å². The molecule has 3 aromatic rings. The summed E-state index contributed by atoms with van der Waals surface area (Å²) in [5.74, 6) is -1.73. The first-order valence-electron chi connectivity index (χ1n) is 7.25. The number of fused-ring (bicyclic) bond motifs is 1. The second-order valence-corrected chi connectivity index (χ2v) is 6.68. The lowest BCUT2D eigenvalue weighted by molar-refractivity contribution is 0.0697. The zero-order valence-electron chi connectivity index (χ0n) is 13.1. The fourth-order valence-corrected chi connectivity index (χ4v) is 3.09. The number of phenolic OH excluding ortho intramolecular Hbond substituents is 1. The Bertz CT molecular complexity index is 1160. The number of aromatic hydroxyl groups is 1. The van der Waals surface area contributed by atoms with Gasteiger partial charge in [-0.25, -0.2) is 4.79 Å². The number of phenols is 1. The summed E-state index contributed by atoms with van der Waals surface area (Å²) in [6.45, 7) is 0. The van der Waals surface area contributed by atoms with Gasteiger partial charge in [-0.05, 0) is 23.6 Å². The average molecular weight is 372 g/mol. The first-order chi connectivity index (χ1) is 12.3. The van der Waals surface area contributed by atoms with Gasteiger partial charge in [-0.1, -0.05) is 36.4 Å². The summed E-state index contributed by atoms with van der Waals surface area (Å²) in [5, 5.41) is 27.7. The third kappa shape index (κ3) is 3.25. The van der Waals surface area contributed by atoms with Crippen molar-refractivity contribution < 1.29 is 28.0 Å². The van der Waals surface area contributed by atoms with Crippen LogP contribution in [0.3, 0.4) is 0 Å². The average Bonchev–Trinajstić information content (AvgIpc) is 2.60. The number of carbonyl (C=O) groups is 1. The highest BCUT2D eigenvalue weighted by Crippen LogP contribution is 2.41. The molecular weight excluding hydrogens is 360 g/mol. The van der Waals surface area contributed by atoms with Gasteiger partial charge in [-0.2, -0.15) is 8.42 Å². The Morgan fingerprint density at radius 3 is 2.31 bits per heavy atom. The number of nitrogens with zero attached hydrogens (tertiary/aromatic N) is 2. The molecule has 0 heterocycles. The minimum atomic E-state index is -4.71. The minimum absolute atomic E-state index is 0.0335. The van der Waals surface area contributed by atoms with Gasteiger partial charge in [0.2, 0.25) is 0 Å². The van der Waals surface area contributed by atoms with E-state index in [-0.39, 0.29) is 11.3 Å². The maximum absolute atomic E-state index is 11.7. The Morgan fingerprint density at radius 1 is 0.962 bits per heavy atom. The van der Waals surface area contributed by atoms with Crippen molar-refractivity contribution in [2.24, 2.45) is 10.2 Å². The second-order valence-electron chi connectivity index (χ2n) is 5.29. The summed E-state index contributed by atoms with van der Waals surface area (Å²) in [6.07, 6.45) is 0. The van der Waals surface area contributed by atoms with Crippen LogP contribution < -0.4 is 0 Å². The lowest BCUT2D eigenvalue weighted by Gasteiger charge is -2.08. The lowest BCUT2D eigenvalue weighted by Crippen LogP contribution is -1.99. The zero-order valence-corrected chi connectivity index (χ0v) is 13.9. The number of hydrogen-bond donors (Lipinski definition) is 3. The van der Waals surface area contributed by atoms with Crippen LogP contribution in [0.1, 0.15) is 10.4 Å². The Balaban J connectivity index is 2.25. The van der Waals surface area contributed by atoms with Crippen molar-refractivity contribution >= 4 is 38.2 Å². The molecule has 8 nitrogen and oxygen atoms in total. The largest absolute Gasteiger partial charge is 0.505 e.